The van der Waals surface area contributed by atoms with Gasteiger partial charge in [0.2, 0.25) is 5.91 Å². The standard InChI is InChI=1S/C14H11BrF2N2O/c15-9-1-3-12(4-2-9)19-14(20)8-18-13-6-10(16)5-11(17)7-13/h1-7,18H,8H2,(H,19,20). The third kappa shape index (κ3) is 4.31. The van der Waals surface area contributed by atoms with Gasteiger partial charge in [0, 0.05) is 21.9 Å². The van der Waals surface area contributed by atoms with Crippen LogP contribution in [0.4, 0.5) is 20.2 Å². The van der Waals surface area contributed by atoms with E-state index in [2.05, 4.69) is 26.6 Å². The van der Waals surface area contributed by atoms with Crippen LogP contribution in [0.1, 0.15) is 0 Å². The Morgan fingerprint density at radius 1 is 1.00 bits per heavy atom. The molecule has 1 amide bonds. The number of amides is 1. The molecule has 0 aliphatic carbocycles. The average molecular weight is 341 g/mol. The third-order valence-electron chi connectivity index (χ3n) is 2.44. The second kappa shape index (κ2) is 6.47. The molecule has 6 heteroatoms. The van der Waals surface area contributed by atoms with Crippen LogP contribution < -0.4 is 10.6 Å². The second-order valence-electron chi connectivity index (χ2n) is 4.07. The molecular formula is C14H11BrF2N2O. The lowest BCUT2D eigenvalue weighted by Crippen LogP contribution is -2.21. The Morgan fingerprint density at radius 3 is 2.20 bits per heavy atom. The van der Waals surface area contributed by atoms with Gasteiger partial charge in [0.05, 0.1) is 6.54 Å². The highest BCUT2D eigenvalue weighted by Crippen LogP contribution is 2.15. The van der Waals surface area contributed by atoms with Crippen molar-refractivity contribution in [3.8, 4) is 0 Å². The lowest BCUT2D eigenvalue weighted by atomic mass is 10.3. The zero-order chi connectivity index (χ0) is 14.5. The maximum absolute atomic E-state index is 13.0. The number of hydrogen-bond donors (Lipinski definition) is 2. The Kier molecular flexibility index (Phi) is 4.68. The topological polar surface area (TPSA) is 41.1 Å². The summed E-state index contributed by atoms with van der Waals surface area (Å²) in [5.41, 5.74) is 0.860. The second-order valence-corrected chi connectivity index (χ2v) is 4.98. The number of benzene rings is 2. The molecule has 3 nitrogen and oxygen atoms in total. The van der Waals surface area contributed by atoms with Gasteiger partial charge in [0.1, 0.15) is 11.6 Å². The van der Waals surface area contributed by atoms with E-state index in [4.69, 9.17) is 0 Å². The van der Waals surface area contributed by atoms with Gasteiger partial charge < -0.3 is 10.6 Å². The van der Waals surface area contributed by atoms with Crippen LogP contribution in [0.2, 0.25) is 0 Å². The van der Waals surface area contributed by atoms with Crippen molar-refractivity contribution < 1.29 is 13.6 Å². The van der Waals surface area contributed by atoms with Gasteiger partial charge in [-0.15, -0.1) is 0 Å². The van der Waals surface area contributed by atoms with Crippen molar-refractivity contribution in [3.05, 3.63) is 58.6 Å². The lowest BCUT2D eigenvalue weighted by Gasteiger charge is -2.08. The molecule has 0 unspecified atom stereocenters. The fourth-order valence-corrected chi connectivity index (χ4v) is 1.84. The molecule has 0 aromatic heterocycles. The lowest BCUT2D eigenvalue weighted by molar-refractivity contribution is -0.114. The van der Waals surface area contributed by atoms with Crippen molar-refractivity contribution in [3.63, 3.8) is 0 Å². The molecule has 0 saturated heterocycles. The summed E-state index contributed by atoms with van der Waals surface area (Å²) in [4.78, 5) is 11.7. The Morgan fingerprint density at radius 2 is 1.60 bits per heavy atom. The van der Waals surface area contributed by atoms with Gasteiger partial charge in [0.15, 0.2) is 0 Å². The molecule has 0 fully saturated rings. The minimum atomic E-state index is -0.694. The highest BCUT2D eigenvalue weighted by molar-refractivity contribution is 9.10. The number of carbonyl (C=O) groups excluding carboxylic acids is 1. The van der Waals surface area contributed by atoms with Crippen molar-refractivity contribution in [2.24, 2.45) is 0 Å². The van der Waals surface area contributed by atoms with Crippen molar-refractivity contribution in [1.82, 2.24) is 0 Å². The first-order valence-electron chi connectivity index (χ1n) is 5.78. The van der Waals surface area contributed by atoms with Gasteiger partial charge >= 0.3 is 0 Å². The van der Waals surface area contributed by atoms with Crippen LogP contribution in [0.25, 0.3) is 0 Å². The zero-order valence-electron chi connectivity index (χ0n) is 10.3. The number of hydrogen-bond acceptors (Lipinski definition) is 2. The normalized spacial score (nSPS) is 10.2. The first kappa shape index (κ1) is 14.5. The van der Waals surface area contributed by atoms with Crippen molar-refractivity contribution in [2.75, 3.05) is 17.2 Å². The van der Waals surface area contributed by atoms with Crippen molar-refractivity contribution in [1.29, 1.82) is 0 Å². The van der Waals surface area contributed by atoms with E-state index in [0.29, 0.717) is 5.69 Å². The summed E-state index contributed by atoms with van der Waals surface area (Å²) in [7, 11) is 0. The largest absolute Gasteiger partial charge is 0.376 e. The van der Waals surface area contributed by atoms with E-state index in [1.165, 1.54) is 0 Å². The van der Waals surface area contributed by atoms with Crippen LogP contribution >= 0.6 is 15.9 Å². The van der Waals surface area contributed by atoms with E-state index in [0.717, 1.165) is 22.7 Å². The van der Waals surface area contributed by atoms with Gasteiger partial charge in [-0.25, -0.2) is 8.78 Å². The molecule has 0 aliphatic rings. The molecule has 2 N–H and O–H groups in total. The predicted octanol–water partition coefficient (Wildman–Crippen LogP) is 3.78. The van der Waals surface area contributed by atoms with Gasteiger partial charge in [-0.3, -0.25) is 4.79 Å². The number of halogens is 3. The van der Waals surface area contributed by atoms with E-state index in [1.807, 2.05) is 0 Å². The van der Waals surface area contributed by atoms with Crippen LogP contribution in [0, 0.1) is 11.6 Å². The van der Waals surface area contributed by atoms with Gasteiger partial charge in [-0.05, 0) is 36.4 Å². The van der Waals surface area contributed by atoms with Crippen LogP contribution in [0.3, 0.4) is 0 Å². The molecule has 2 aromatic carbocycles. The van der Waals surface area contributed by atoms with E-state index in [-0.39, 0.29) is 18.1 Å². The van der Waals surface area contributed by atoms with Crippen LogP contribution in [-0.2, 0) is 4.79 Å². The molecule has 0 atom stereocenters. The van der Waals surface area contributed by atoms with E-state index < -0.39 is 11.6 Å². The van der Waals surface area contributed by atoms with Gasteiger partial charge in [-0.2, -0.15) is 0 Å². The fraction of sp³-hybridized carbons (Fsp3) is 0.0714. The minimum Gasteiger partial charge on any atom is -0.376 e. The molecule has 0 bridgehead atoms. The molecule has 20 heavy (non-hydrogen) atoms. The summed E-state index contributed by atoms with van der Waals surface area (Å²) in [5.74, 6) is -1.70. The van der Waals surface area contributed by atoms with E-state index in [1.54, 1.807) is 24.3 Å². The Balaban J connectivity index is 1.90. The van der Waals surface area contributed by atoms with Crippen LogP contribution in [-0.4, -0.2) is 12.5 Å². The molecule has 0 spiro atoms. The number of rotatable bonds is 4. The molecule has 0 saturated carbocycles. The predicted molar refractivity (Wildman–Crippen MR) is 77.6 cm³/mol. The zero-order valence-corrected chi connectivity index (χ0v) is 11.9. The number of carbonyl (C=O) groups is 1. The van der Waals surface area contributed by atoms with E-state index >= 15 is 0 Å². The molecule has 2 rings (SSSR count). The first-order chi connectivity index (χ1) is 9.52. The molecule has 2 aromatic rings. The molecule has 0 radical (unpaired) electrons. The van der Waals surface area contributed by atoms with Crippen molar-refractivity contribution >= 4 is 33.2 Å². The number of nitrogens with one attached hydrogen (secondary N) is 2. The average Bonchev–Trinajstić information content (AvgIpc) is 2.38. The Labute approximate surface area is 123 Å². The van der Waals surface area contributed by atoms with Crippen molar-refractivity contribution in [2.45, 2.75) is 0 Å². The monoisotopic (exact) mass is 340 g/mol. The Hall–Kier alpha value is -1.95. The first-order valence-corrected chi connectivity index (χ1v) is 6.57. The summed E-state index contributed by atoms with van der Waals surface area (Å²) in [6.45, 7) is -0.0844. The Bertz CT molecular complexity index is 597. The third-order valence-corrected chi connectivity index (χ3v) is 2.97. The van der Waals surface area contributed by atoms with Crippen LogP contribution in [0.5, 0.6) is 0 Å². The molecule has 0 heterocycles. The highest BCUT2D eigenvalue weighted by Gasteiger charge is 2.04. The highest BCUT2D eigenvalue weighted by atomic mass is 79.9. The SMILES string of the molecule is O=C(CNc1cc(F)cc(F)c1)Nc1ccc(Br)cc1. The molecule has 0 aliphatic heterocycles. The molecule has 104 valence electrons. The quantitative estimate of drug-likeness (QED) is 0.889. The summed E-state index contributed by atoms with van der Waals surface area (Å²) in [5, 5.41) is 5.32. The number of anilines is 2. The van der Waals surface area contributed by atoms with Crippen LogP contribution in [0.15, 0.2) is 46.9 Å². The summed E-state index contributed by atoms with van der Waals surface area (Å²) >= 11 is 3.29. The maximum Gasteiger partial charge on any atom is 0.243 e. The summed E-state index contributed by atoms with van der Waals surface area (Å²) in [6, 6.07) is 10.1. The fourth-order valence-electron chi connectivity index (χ4n) is 1.58. The summed E-state index contributed by atoms with van der Waals surface area (Å²) in [6.07, 6.45) is 0. The smallest absolute Gasteiger partial charge is 0.243 e. The van der Waals surface area contributed by atoms with Gasteiger partial charge in [-0.1, -0.05) is 15.9 Å². The van der Waals surface area contributed by atoms with E-state index in [9.17, 15) is 13.6 Å². The van der Waals surface area contributed by atoms with Gasteiger partial charge in [0.25, 0.3) is 0 Å². The summed E-state index contributed by atoms with van der Waals surface area (Å²) < 4.78 is 26.8. The maximum atomic E-state index is 13.0. The minimum absolute atomic E-state index is 0.0844. The molecular weight excluding hydrogens is 330 g/mol.